The van der Waals surface area contributed by atoms with Gasteiger partial charge in [0.05, 0.1) is 6.07 Å². The Morgan fingerprint density at radius 2 is 2.19 bits per heavy atom. The van der Waals surface area contributed by atoms with Crippen LogP contribution in [0, 0.1) is 28.9 Å². The van der Waals surface area contributed by atoms with Gasteiger partial charge in [0.1, 0.15) is 6.04 Å². The number of benzene rings is 1. The summed E-state index contributed by atoms with van der Waals surface area (Å²) in [5.74, 6) is -1.25. The molecule has 0 bridgehead atoms. The molecule has 4 heteroatoms. The van der Waals surface area contributed by atoms with Crippen LogP contribution in [0.5, 0.6) is 0 Å². The first-order valence-electron chi connectivity index (χ1n) is 5.29. The molecule has 0 spiro atoms. The van der Waals surface area contributed by atoms with E-state index in [0.29, 0.717) is 12.5 Å². The Kier molecular flexibility index (Phi) is 3.16. The molecule has 1 saturated carbocycles. The van der Waals surface area contributed by atoms with E-state index in [1.807, 2.05) is 6.07 Å². The molecule has 2 nitrogen and oxygen atoms in total. The summed E-state index contributed by atoms with van der Waals surface area (Å²) in [5, 5.41) is 11.9. The molecule has 0 saturated heterocycles. The zero-order valence-corrected chi connectivity index (χ0v) is 8.71. The van der Waals surface area contributed by atoms with E-state index in [1.165, 1.54) is 12.1 Å². The highest BCUT2D eigenvalue weighted by atomic mass is 19.2. The highest BCUT2D eigenvalue weighted by molar-refractivity contribution is 5.26. The van der Waals surface area contributed by atoms with Gasteiger partial charge in [-0.3, -0.25) is 5.32 Å². The monoisotopic (exact) mass is 222 g/mol. The second-order valence-corrected chi connectivity index (χ2v) is 4.06. The lowest BCUT2D eigenvalue weighted by atomic mass is 10.1. The third-order valence-electron chi connectivity index (χ3n) is 2.73. The predicted molar refractivity (Wildman–Crippen MR) is 55.4 cm³/mol. The zero-order chi connectivity index (χ0) is 11.5. The lowest BCUT2D eigenvalue weighted by Crippen LogP contribution is -2.23. The van der Waals surface area contributed by atoms with Gasteiger partial charge in [0.25, 0.3) is 0 Å². The molecule has 0 radical (unpaired) electrons. The minimum absolute atomic E-state index is 0.0863. The molecule has 1 N–H and O–H groups in total. The summed E-state index contributed by atoms with van der Waals surface area (Å²) in [6.45, 7) is 0.689. The Morgan fingerprint density at radius 1 is 1.44 bits per heavy atom. The van der Waals surface area contributed by atoms with Crippen molar-refractivity contribution in [1.82, 2.24) is 5.32 Å². The van der Waals surface area contributed by atoms with Crippen molar-refractivity contribution in [2.45, 2.75) is 18.9 Å². The lowest BCUT2D eigenvalue weighted by molar-refractivity contribution is 0.482. The van der Waals surface area contributed by atoms with Gasteiger partial charge in [0.15, 0.2) is 11.6 Å². The van der Waals surface area contributed by atoms with Gasteiger partial charge in [0, 0.05) is 5.56 Å². The van der Waals surface area contributed by atoms with Gasteiger partial charge in [-0.2, -0.15) is 5.26 Å². The van der Waals surface area contributed by atoms with Gasteiger partial charge >= 0.3 is 0 Å². The van der Waals surface area contributed by atoms with Crippen molar-refractivity contribution >= 4 is 0 Å². The van der Waals surface area contributed by atoms with Gasteiger partial charge < -0.3 is 0 Å². The van der Waals surface area contributed by atoms with Crippen LogP contribution in [0.1, 0.15) is 24.4 Å². The van der Waals surface area contributed by atoms with Crippen molar-refractivity contribution in [2.24, 2.45) is 5.92 Å². The summed E-state index contributed by atoms with van der Waals surface area (Å²) in [4.78, 5) is 0. The molecule has 1 aromatic rings. The summed E-state index contributed by atoms with van der Waals surface area (Å²) < 4.78 is 26.4. The molecule has 0 heterocycles. The quantitative estimate of drug-likeness (QED) is 0.849. The molecule has 16 heavy (non-hydrogen) atoms. The van der Waals surface area contributed by atoms with Crippen molar-refractivity contribution in [1.29, 1.82) is 5.26 Å². The fraction of sp³-hybridized carbons (Fsp3) is 0.417. The molecule has 1 fully saturated rings. The van der Waals surface area contributed by atoms with Gasteiger partial charge in [-0.05, 0) is 31.4 Å². The third-order valence-corrected chi connectivity index (χ3v) is 2.73. The topological polar surface area (TPSA) is 35.8 Å². The Balaban J connectivity index is 2.12. The predicted octanol–water partition coefficient (Wildman–Crippen LogP) is 2.53. The Hall–Kier alpha value is -1.47. The summed E-state index contributed by atoms with van der Waals surface area (Å²) >= 11 is 0. The molecule has 1 aliphatic carbocycles. The fourth-order valence-electron chi connectivity index (χ4n) is 1.58. The number of hydrogen-bond acceptors (Lipinski definition) is 2. The van der Waals surface area contributed by atoms with E-state index < -0.39 is 17.7 Å². The van der Waals surface area contributed by atoms with Crippen LogP contribution in [0.2, 0.25) is 0 Å². The number of hydrogen-bond donors (Lipinski definition) is 1. The normalized spacial score (nSPS) is 16.8. The third kappa shape index (κ3) is 2.37. The second-order valence-electron chi connectivity index (χ2n) is 4.06. The summed E-state index contributed by atoms with van der Waals surface area (Å²) in [5.41, 5.74) is 0.0863. The minimum Gasteiger partial charge on any atom is -0.298 e. The van der Waals surface area contributed by atoms with Crippen molar-refractivity contribution in [3.63, 3.8) is 0 Å². The maximum atomic E-state index is 13.4. The Labute approximate surface area is 92.9 Å². The summed E-state index contributed by atoms with van der Waals surface area (Å²) in [6.07, 6.45) is 2.30. The van der Waals surface area contributed by atoms with Crippen LogP contribution in [0.25, 0.3) is 0 Å². The van der Waals surface area contributed by atoms with Gasteiger partial charge in [-0.1, -0.05) is 12.1 Å². The standard InChI is InChI=1S/C12H12F2N2/c13-10-3-1-2-9(12(10)14)11(6-15)16-7-8-4-5-8/h1-3,8,11,16H,4-5,7H2. The first-order chi connectivity index (χ1) is 7.72. The number of halogens is 2. The van der Waals surface area contributed by atoms with Crippen molar-refractivity contribution in [3.05, 3.63) is 35.4 Å². The molecular weight excluding hydrogens is 210 g/mol. The number of nitriles is 1. The molecule has 1 atom stereocenters. The molecule has 1 aromatic carbocycles. The van der Waals surface area contributed by atoms with Crippen molar-refractivity contribution in [2.75, 3.05) is 6.54 Å². The van der Waals surface area contributed by atoms with Crippen LogP contribution in [-0.2, 0) is 0 Å². The number of nitrogens with one attached hydrogen (secondary N) is 1. The molecule has 1 unspecified atom stereocenters. The summed E-state index contributed by atoms with van der Waals surface area (Å²) in [6, 6.07) is 5.08. The average Bonchev–Trinajstić information content (AvgIpc) is 3.08. The van der Waals surface area contributed by atoms with Crippen molar-refractivity contribution in [3.8, 4) is 6.07 Å². The summed E-state index contributed by atoms with van der Waals surface area (Å²) in [7, 11) is 0. The van der Waals surface area contributed by atoms with Crippen LogP contribution in [-0.4, -0.2) is 6.54 Å². The van der Waals surface area contributed by atoms with E-state index >= 15 is 0 Å². The highest BCUT2D eigenvalue weighted by Gasteiger charge is 2.24. The molecule has 0 aromatic heterocycles. The van der Waals surface area contributed by atoms with E-state index in [-0.39, 0.29) is 5.56 Å². The van der Waals surface area contributed by atoms with Crippen LogP contribution < -0.4 is 5.32 Å². The number of rotatable bonds is 4. The first kappa shape index (κ1) is 11.0. The molecule has 0 aliphatic heterocycles. The second kappa shape index (κ2) is 4.58. The van der Waals surface area contributed by atoms with E-state index in [0.717, 1.165) is 18.9 Å². The van der Waals surface area contributed by atoms with Crippen LogP contribution in [0.4, 0.5) is 8.78 Å². The zero-order valence-electron chi connectivity index (χ0n) is 8.71. The lowest BCUT2D eigenvalue weighted by Gasteiger charge is -2.12. The van der Waals surface area contributed by atoms with Gasteiger partial charge in [-0.25, -0.2) is 8.78 Å². The highest BCUT2D eigenvalue weighted by Crippen LogP contribution is 2.29. The average molecular weight is 222 g/mol. The molecule has 1 aliphatic rings. The largest absolute Gasteiger partial charge is 0.298 e. The molecular formula is C12H12F2N2. The van der Waals surface area contributed by atoms with Gasteiger partial charge in [-0.15, -0.1) is 0 Å². The maximum Gasteiger partial charge on any atom is 0.164 e. The molecule has 0 amide bonds. The Morgan fingerprint density at radius 3 is 2.81 bits per heavy atom. The smallest absolute Gasteiger partial charge is 0.164 e. The van der Waals surface area contributed by atoms with Crippen LogP contribution >= 0.6 is 0 Å². The van der Waals surface area contributed by atoms with E-state index in [1.54, 1.807) is 0 Å². The maximum absolute atomic E-state index is 13.4. The molecule has 84 valence electrons. The number of nitrogens with zero attached hydrogens (tertiary/aromatic N) is 1. The Bertz CT molecular complexity index is 422. The molecule has 2 rings (SSSR count). The van der Waals surface area contributed by atoms with E-state index in [9.17, 15) is 8.78 Å². The van der Waals surface area contributed by atoms with Crippen LogP contribution in [0.3, 0.4) is 0 Å². The fourth-order valence-corrected chi connectivity index (χ4v) is 1.58. The minimum atomic E-state index is -0.933. The van der Waals surface area contributed by atoms with E-state index in [4.69, 9.17) is 5.26 Å². The van der Waals surface area contributed by atoms with Gasteiger partial charge in [0.2, 0.25) is 0 Å². The first-order valence-corrected chi connectivity index (χ1v) is 5.29. The SMILES string of the molecule is N#CC(NCC1CC1)c1cccc(F)c1F. The van der Waals surface area contributed by atoms with Crippen molar-refractivity contribution < 1.29 is 8.78 Å². The van der Waals surface area contributed by atoms with E-state index in [2.05, 4.69) is 5.32 Å². The van der Waals surface area contributed by atoms with Crippen LogP contribution in [0.15, 0.2) is 18.2 Å².